The zero-order valence-electron chi connectivity index (χ0n) is 56.6. The summed E-state index contributed by atoms with van der Waals surface area (Å²) in [4.78, 5) is 46.0. The predicted octanol–water partition coefficient (Wildman–Crippen LogP) is 11.1. The Kier molecular flexibility index (Phi) is 19.6. The second kappa shape index (κ2) is 27.8. The molecular weight excluding hydrogens is 1210 g/mol. The van der Waals surface area contributed by atoms with Crippen LogP contribution in [-0.2, 0) is 42.1 Å². The smallest absolute Gasteiger partial charge is 0.334 e. The van der Waals surface area contributed by atoms with Crippen molar-refractivity contribution in [2.75, 3.05) is 38.7 Å². The molecule has 14 bridgehead atoms. The third kappa shape index (κ3) is 13.1. The van der Waals surface area contributed by atoms with Crippen LogP contribution in [0.3, 0.4) is 0 Å². The first-order valence-corrected chi connectivity index (χ1v) is 37.3. The normalized spacial score (nSPS) is 38.8. The molecule has 2 spiro atoms. The molecule has 9 N–H and O–H groups in total. The van der Waals surface area contributed by atoms with Crippen molar-refractivity contribution in [1.29, 1.82) is 0 Å². The van der Waals surface area contributed by atoms with E-state index < -0.39 is 82.1 Å². The maximum absolute atomic E-state index is 16.8. The van der Waals surface area contributed by atoms with Gasteiger partial charge in [-0.2, -0.15) is 0 Å². The molecule has 7 fully saturated rings. The van der Waals surface area contributed by atoms with Crippen LogP contribution in [0.5, 0.6) is 11.5 Å². The van der Waals surface area contributed by atoms with Crippen LogP contribution in [0.25, 0.3) is 0 Å². The number of carbonyl (C=O) groups excluding carboxylic acids is 3. The largest absolute Gasteiger partial charge is 0.507 e. The van der Waals surface area contributed by atoms with Crippen LogP contribution in [0.15, 0.2) is 60.2 Å². The number of aromatic hydroxyl groups is 1. The molecule has 17 atom stereocenters. The summed E-state index contributed by atoms with van der Waals surface area (Å²) in [7, 11) is 1.95. The second-order valence-corrected chi connectivity index (χ2v) is 32.2. The molecule has 0 radical (unpaired) electrons. The summed E-state index contributed by atoms with van der Waals surface area (Å²) >= 11 is 0. The molecule has 0 aromatic heterocycles. The summed E-state index contributed by atoms with van der Waals surface area (Å²) in [6.07, 6.45) is 14.5. The molecule has 0 saturated heterocycles. The van der Waals surface area contributed by atoms with Gasteiger partial charge in [0.1, 0.15) is 40.7 Å². The number of aliphatic hydroxyl groups excluding tert-OH is 4. The predicted molar refractivity (Wildman–Crippen MR) is 365 cm³/mol. The fourth-order valence-corrected chi connectivity index (χ4v) is 20.9. The molecule has 7 saturated carbocycles. The van der Waals surface area contributed by atoms with Crippen LogP contribution in [0.1, 0.15) is 237 Å². The maximum atomic E-state index is 16.8. The lowest BCUT2D eigenvalue weighted by Crippen LogP contribution is -2.65. The summed E-state index contributed by atoms with van der Waals surface area (Å²) in [6, 6.07) is 16.0. The number of Topliss-reactive ketones (excluding diaryl/α,β-unsaturated/α-hetero) is 1. The number of hydrogen-bond donors (Lipinski definition) is 9. The van der Waals surface area contributed by atoms with E-state index in [1.165, 1.54) is 0 Å². The third-order valence-corrected chi connectivity index (χ3v) is 26.2. The van der Waals surface area contributed by atoms with E-state index in [1.54, 1.807) is 13.0 Å². The lowest BCUT2D eigenvalue weighted by atomic mass is 9.48. The van der Waals surface area contributed by atoms with Crippen molar-refractivity contribution in [1.82, 2.24) is 5.32 Å². The van der Waals surface area contributed by atoms with Crippen molar-refractivity contribution in [2.45, 2.75) is 252 Å². The van der Waals surface area contributed by atoms with Crippen LogP contribution in [0.2, 0.25) is 0 Å². The minimum atomic E-state index is -1.68. The van der Waals surface area contributed by atoms with Gasteiger partial charge in [-0.15, -0.1) is 0 Å². The fraction of sp³-hybridized carbons (Fsp3) is 0.667. The van der Waals surface area contributed by atoms with Crippen molar-refractivity contribution in [3.8, 4) is 35.2 Å². The molecule has 5 aliphatic heterocycles. The Balaban J connectivity index is 1.00. The SMILES string of the molecule is CNCC1CCC2(C#CC3CCC(CC3)OCC(O)C(C)(O)CNc3cc(C4C#CC5CC(=O)Oc6c5cc(c(O)c6C5CCCCC5)CC5OC(=O)C(=CC(O)C6(CCCC(CCO)C6)c6cccc(c6)CC6C(=O)CCC7C6CC6CCCCC6C57O)C4)cc(c3)C2O)C1. The standard InChI is InChI=1S/C81H104N2O13/c1-78(92)47-83-61-36-56(35-58(37-61)76(90)79(30-26-51(43-79)45-82-2)29-25-48-17-21-62(22-18-48)94-46-70(78)87)53-19-20-54-42-72(88)96-75-63(54)39-57(74(89)73(75)52-12-4-3-5-13-52)41-71-81(93)66-16-7-6-14-55(66)38-64-65(68(85)24-23-67(64)81)33-50-10-8-15-60(32-50)80(28-9-11-49(44-80)27-31-84)69(86)40-59(34-53)77(91)95-71/h8,10,15,32,35-37,39-40,48-49,51-55,62,64-67,69-71,76,82-84,86-87,89-90,92-93H,3-7,9,11-14,16-18,21-24,26-28,30-31,33-34,38,41-47H2,1-2H3. The highest BCUT2D eigenvalue weighted by molar-refractivity contribution is 5.89. The summed E-state index contributed by atoms with van der Waals surface area (Å²) in [6.45, 7) is 2.14. The average Bonchev–Trinajstić information content (AvgIpc) is 0.787. The number of ketones is 1. The number of aliphatic hydroxyl groups is 6. The highest BCUT2D eigenvalue weighted by atomic mass is 16.6. The molecule has 5 heterocycles. The van der Waals surface area contributed by atoms with Gasteiger partial charge in [0.25, 0.3) is 0 Å². The zero-order valence-corrected chi connectivity index (χ0v) is 56.6. The van der Waals surface area contributed by atoms with Gasteiger partial charge in [-0.05, 0) is 223 Å². The quantitative estimate of drug-likeness (QED) is 0.0633. The first-order valence-electron chi connectivity index (χ1n) is 37.3. The van der Waals surface area contributed by atoms with Gasteiger partial charge >= 0.3 is 11.9 Å². The van der Waals surface area contributed by atoms with Crippen molar-refractivity contribution in [2.24, 2.45) is 52.8 Å². The third-order valence-electron chi connectivity index (χ3n) is 26.2. The number of esters is 2. The molecule has 15 heteroatoms. The number of anilines is 1. The Morgan fingerprint density at radius 3 is 2.36 bits per heavy atom. The van der Waals surface area contributed by atoms with Gasteiger partial charge in [0.05, 0.1) is 42.7 Å². The average molecular weight is 1310 g/mol. The van der Waals surface area contributed by atoms with Crippen molar-refractivity contribution < 1.29 is 64.3 Å². The first-order chi connectivity index (χ1) is 46.3. The number of ether oxygens (including phenoxy) is 3. The number of phenolic OH excluding ortho intramolecular Hbond substituents is 1. The lowest BCUT2D eigenvalue weighted by Gasteiger charge is -2.59. The Bertz CT molecular complexity index is 3560. The van der Waals surface area contributed by atoms with Crippen molar-refractivity contribution >= 4 is 23.4 Å². The van der Waals surface area contributed by atoms with Crippen molar-refractivity contribution in [3.63, 3.8) is 0 Å². The lowest BCUT2D eigenvalue weighted by molar-refractivity contribution is -0.228. The van der Waals surface area contributed by atoms with Crippen LogP contribution < -0.4 is 15.4 Å². The van der Waals surface area contributed by atoms with Gasteiger partial charge in [0.2, 0.25) is 0 Å². The first kappa shape index (κ1) is 67.6. The number of nitrogens with one attached hydrogen (secondary N) is 2. The topological polar surface area (TPSA) is 245 Å². The summed E-state index contributed by atoms with van der Waals surface area (Å²) < 4.78 is 20.0. The summed E-state index contributed by atoms with van der Waals surface area (Å²) in [5.74, 6) is 11.1. The summed E-state index contributed by atoms with van der Waals surface area (Å²) in [5.41, 5.74) is 0.133. The van der Waals surface area contributed by atoms with Crippen LogP contribution in [-0.4, -0.2) is 122 Å². The number of benzene rings is 3. The van der Waals surface area contributed by atoms with E-state index in [-0.39, 0.29) is 110 Å². The number of phenols is 1. The second-order valence-electron chi connectivity index (χ2n) is 32.2. The van der Waals surface area contributed by atoms with E-state index in [0.29, 0.717) is 90.6 Å². The minimum absolute atomic E-state index is 0.0218. The Morgan fingerprint density at radius 2 is 1.55 bits per heavy atom. The molecule has 17 unspecified atom stereocenters. The van der Waals surface area contributed by atoms with E-state index in [0.717, 1.165) is 120 Å². The number of fused-ring (bicyclic) bond motifs is 17. The molecule has 96 heavy (non-hydrogen) atoms. The molecule has 0 amide bonds. The van der Waals surface area contributed by atoms with Gasteiger partial charge in [0, 0.05) is 71.5 Å². The molecule has 15 rings (SSSR count). The highest BCUT2D eigenvalue weighted by Crippen LogP contribution is 2.60. The number of rotatable bonds is 6. The Labute approximate surface area is 567 Å². The number of carbonyl (C=O) groups is 3. The molecule has 516 valence electrons. The molecule has 3 aromatic rings. The Hall–Kier alpha value is -5.59. The molecular formula is C81H104N2O13. The van der Waals surface area contributed by atoms with E-state index in [2.05, 4.69) is 52.5 Å². The number of hydrogen-bond acceptors (Lipinski definition) is 15. The van der Waals surface area contributed by atoms with E-state index in [4.69, 9.17) is 14.2 Å². The van der Waals surface area contributed by atoms with Crippen molar-refractivity contribution in [3.05, 3.63) is 99.1 Å². The van der Waals surface area contributed by atoms with Crippen LogP contribution in [0.4, 0.5) is 5.69 Å². The van der Waals surface area contributed by atoms with Crippen LogP contribution >= 0.6 is 0 Å². The monoisotopic (exact) mass is 1310 g/mol. The van der Waals surface area contributed by atoms with Gasteiger partial charge < -0.3 is 60.6 Å². The Morgan fingerprint density at radius 1 is 0.760 bits per heavy atom. The fourth-order valence-electron chi connectivity index (χ4n) is 20.9. The van der Waals surface area contributed by atoms with E-state index in [9.17, 15) is 45.3 Å². The van der Waals surface area contributed by atoms with Gasteiger partial charge in [-0.1, -0.05) is 105 Å². The van der Waals surface area contributed by atoms with Crippen LogP contribution in [0, 0.1) is 76.4 Å². The van der Waals surface area contributed by atoms with E-state index in [1.807, 2.05) is 37.4 Å². The highest BCUT2D eigenvalue weighted by Gasteiger charge is 2.63. The zero-order chi connectivity index (χ0) is 66.7. The van der Waals surface area contributed by atoms with Gasteiger partial charge in [-0.3, -0.25) is 9.59 Å². The van der Waals surface area contributed by atoms with Gasteiger partial charge in [0.15, 0.2) is 0 Å². The maximum Gasteiger partial charge on any atom is 0.334 e. The molecule has 3 aromatic carbocycles. The minimum Gasteiger partial charge on any atom is -0.507 e. The molecule has 12 aliphatic rings. The molecule has 7 aliphatic carbocycles. The summed E-state index contributed by atoms with van der Waals surface area (Å²) in [5, 5.41) is 96.3. The van der Waals surface area contributed by atoms with E-state index >= 15 is 4.79 Å². The molecule has 15 nitrogen and oxygen atoms in total. The van der Waals surface area contributed by atoms with Gasteiger partial charge in [-0.25, -0.2) is 4.79 Å².